The van der Waals surface area contributed by atoms with Gasteiger partial charge in [-0.25, -0.2) is 0 Å². The zero-order chi connectivity index (χ0) is 13.4. The first kappa shape index (κ1) is 13.1. The fourth-order valence-electron chi connectivity index (χ4n) is 3.19. The van der Waals surface area contributed by atoms with E-state index in [1.54, 1.807) is 0 Å². The molecule has 1 aliphatic carbocycles. The van der Waals surface area contributed by atoms with Crippen LogP contribution in [-0.2, 0) is 13.6 Å². The Hall–Kier alpha value is -0.870. The predicted molar refractivity (Wildman–Crippen MR) is 77.1 cm³/mol. The quantitative estimate of drug-likeness (QED) is 0.897. The van der Waals surface area contributed by atoms with E-state index in [1.165, 1.54) is 55.7 Å². The second-order valence-electron chi connectivity index (χ2n) is 6.29. The molecule has 0 spiro atoms. The summed E-state index contributed by atoms with van der Waals surface area (Å²) in [6, 6.07) is 1.53. The largest absolute Gasteiger partial charge is 0.310 e. The highest BCUT2D eigenvalue weighted by molar-refractivity contribution is 5.24. The molecule has 0 amide bonds. The van der Waals surface area contributed by atoms with E-state index in [0.29, 0.717) is 6.04 Å². The monoisotopic (exact) mass is 262 g/mol. The van der Waals surface area contributed by atoms with Crippen LogP contribution < -0.4 is 5.32 Å². The van der Waals surface area contributed by atoms with Gasteiger partial charge in [-0.2, -0.15) is 5.10 Å². The molecule has 3 rings (SSSR count). The molecule has 1 aromatic rings. The van der Waals surface area contributed by atoms with E-state index in [0.717, 1.165) is 12.6 Å². The summed E-state index contributed by atoms with van der Waals surface area (Å²) in [6.45, 7) is 7.81. The normalized spacial score (nSPS) is 24.9. The summed E-state index contributed by atoms with van der Waals surface area (Å²) in [4.78, 5) is 2.60. The molecular formula is C15H26N4. The van der Waals surface area contributed by atoms with Crippen LogP contribution in [0.25, 0.3) is 0 Å². The third kappa shape index (κ3) is 3.00. The summed E-state index contributed by atoms with van der Waals surface area (Å²) in [7, 11) is 2.04. The number of aromatic nitrogens is 2. The van der Waals surface area contributed by atoms with Gasteiger partial charge in [-0.15, -0.1) is 0 Å². The second-order valence-corrected chi connectivity index (χ2v) is 6.29. The molecule has 1 saturated heterocycles. The van der Waals surface area contributed by atoms with Crippen LogP contribution in [0.4, 0.5) is 0 Å². The Morgan fingerprint density at radius 1 is 1.21 bits per heavy atom. The topological polar surface area (TPSA) is 33.1 Å². The maximum absolute atomic E-state index is 4.53. The summed E-state index contributed by atoms with van der Waals surface area (Å²) < 4.78 is 2.01. The lowest BCUT2D eigenvalue weighted by Crippen LogP contribution is -2.46. The summed E-state index contributed by atoms with van der Waals surface area (Å²) in [6.07, 6.45) is 5.44. The van der Waals surface area contributed by atoms with Crippen molar-refractivity contribution < 1.29 is 0 Å². The van der Waals surface area contributed by atoms with Crippen molar-refractivity contribution in [3.63, 3.8) is 0 Å². The molecule has 4 nitrogen and oxygen atoms in total. The molecule has 1 aliphatic heterocycles. The van der Waals surface area contributed by atoms with Crippen molar-refractivity contribution in [2.75, 3.05) is 13.1 Å². The molecule has 2 heterocycles. The molecular weight excluding hydrogens is 236 g/mol. The molecule has 0 aromatic carbocycles. The van der Waals surface area contributed by atoms with Crippen molar-refractivity contribution in [1.82, 2.24) is 20.0 Å². The van der Waals surface area contributed by atoms with Crippen LogP contribution in [-0.4, -0.2) is 39.9 Å². The number of hydrogen-bond donors (Lipinski definition) is 1. The van der Waals surface area contributed by atoms with Gasteiger partial charge in [0, 0.05) is 43.5 Å². The molecule has 1 N–H and O–H groups in total. The zero-order valence-corrected chi connectivity index (χ0v) is 12.4. The zero-order valence-electron chi connectivity index (χ0n) is 12.4. The van der Waals surface area contributed by atoms with Crippen molar-refractivity contribution in [3.05, 3.63) is 17.0 Å². The van der Waals surface area contributed by atoms with Crippen LogP contribution in [0.5, 0.6) is 0 Å². The number of nitrogens with zero attached hydrogens (tertiary/aromatic N) is 3. The van der Waals surface area contributed by atoms with Crippen molar-refractivity contribution in [2.45, 2.75) is 58.2 Å². The summed E-state index contributed by atoms with van der Waals surface area (Å²) in [5, 5.41) is 8.31. The standard InChI is InChI=1S/C15H26N4/c1-11-15(12(2)18(3)17-11)10-19-8-4-5-14(9-19)16-13-6-7-13/h13-14,16H,4-10H2,1-3H3. The van der Waals surface area contributed by atoms with Gasteiger partial charge in [-0.1, -0.05) is 0 Å². The Labute approximate surface area is 116 Å². The molecule has 1 saturated carbocycles. The van der Waals surface area contributed by atoms with Crippen molar-refractivity contribution in [1.29, 1.82) is 0 Å². The Kier molecular flexibility index (Phi) is 3.63. The number of rotatable bonds is 4. The molecule has 1 aromatic heterocycles. The van der Waals surface area contributed by atoms with Gasteiger partial charge in [0.2, 0.25) is 0 Å². The first-order chi connectivity index (χ1) is 9.13. The summed E-state index contributed by atoms with van der Waals surface area (Å²) >= 11 is 0. The second kappa shape index (κ2) is 5.25. The van der Waals surface area contributed by atoms with Crippen molar-refractivity contribution in [3.8, 4) is 0 Å². The van der Waals surface area contributed by atoms with Crippen LogP contribution in [0.2, 0.25) is 0 Å². The number of piperidine rings is 1. The summed E-state index contributed by atoms with van der Waals surface area (Å²) in [5.74, 6) is 0. The molecule has 1 unspecified atom stereocenters. The van der Waals surface area contributed by atoms with Crippen LogP contribution in [0.1, 0.15) is 42.6 Å². The Morgan fingerprint density at radius 3 is 2.63 bits per heavy atom. The van der Waals surface area contributed by atoms with Crippen molar-refractivity contribution in [2.24, 2.45) is 7.05 Å². The van der Waals surface area contributed by atoms with Gasteiger partial charge in [0.15, 0.2) is 0 Å². The third-order valence-corrected chi connectivity index (χ3v) is 4.59. The third-order valence-electron chi connectivity index (χ3n) is 4.59. The van der Waals surface area contributed by atoms with Gasteiger partial charge in [-0.3, -0.25) is 9.58 Å². The fraction of sp³-hybridized carbons (Fsp3) is 0.800. The highest BCUT2D eigenvalue weighted by Gasteiger charge is 2.28. The van der Waals surface area contributed by atoms with Crippen LogP contribution >= 0.6 is 0 Å². The average molecular weight is 262 g/mol. The lowest BCUT2D eigenvalue weighted by atomic mass is 10.0. The van der Waals surface area contributed by atoms with E-state index in [4.69, 9.17) is 0 Å². The van der Waals surface area contributed by atoms with Crippen LogP contribution in [0.15, 0.2) is 0 Å². The molecule has 2 fully saturated rings. The minimum absolute atomic E-state index is 0.707. The highest BCUT2D eigenvalue weighted by atomic mass is 15.3. The lowest BCUT2D eigenvalue weighted by molar-refractivity contribution is 0.182. The first-order valence-corrected chi connectivity index (χ1v) is 7.61. The molecule has 2 aliphatic rings. The average Bonchev–Trinajstić information content (AvgIpc) is 3.15. The highest BCUT2D eigenvalue weighted by Crippen LogP contribution is 2.23. The van der Waals surface area contributed by atoms with Crippen LogP contribution in [0.3, 0.4) is 0 Å². The van der Waals surface area contributed by atoms with Gasteiger partial charge in [-0.05, 0) is 46.1 Å². The number of aryl methyl sites for hydroxylation is 2. The molecule has 106 valence electrons. The van der Waals surface area contributed by atoms with E-state index in [2.05, 4.69) is 29.2 Å². The Morgan fingerprint density at radius 2 is 2.00 bits per heavy atom. The molecule has 19 heavy (non-hydrogen) atoms. The van der Waals surface area contributed by atoms with E-state index in [9.17, 15) is 0 Å². The minimum Gasteiger partial charge on any atom is -0.310 e. The molecule has 0 bridgehead atoms. The van der Waals surface area contributed by atoms with Crippen LogP contribution in [0, 0.1) is 13.8 Å². The molecule has 0 radical (unpaired) electrons. The van der Waals surface area contributed by atoms with E-state index in [-0.39, 0.29) is 0 Å². The van der Waals surface area contributed by atoms with Gasteiger partial charge in [0.05, 0.1) is 5.69 Å². The summed E-state index contributed by atoms with van der Waals surface area (Å²) in [5.41, 5.74) is 3.93. The maximum atomic E-state index is 4.53. The van der Waals surface area contributed by atoms with E-state index >= 15 is 0 Å². The smallest absolute Gasteiger partial charge is 0.0641 e. The molecule has 1 atom stereocenters. The van der Waals surface area contributed by atoms with E-state index in [1.807, 2.05) is 11.7 Å². The molecule has 4 heteroatoms. The fourth-order valence-corrected chi connectivity index (χ4v) is 3.19. The van der Waals surface area contributed by atoms with Gasteiger partial charge >= 0.3 is 0 Å². The Balaban J connectivity index is 1.61. The Bertz CT molecular complexity index is 447. The maximum Gasteiger partial charge on any atom is 0.0641 e. The van der Waals surface area contributed by atoms with Gasteiger partial charge in [0.25, 0.3) is 0 Å². The van der Waals surface area contributed by atoms with Gasteiger partial charge in [0.1, 0.15) is 0 Å². The van der Waals surface area contributed by atoms with Gasteiger partial charge < -0.3 is 5.32 Å². The predicted octanol–water partition coefficient (Wildman–Crippen LogP) is 1.75. The first-order valence-electron chi connectivity index (χ1n) is 7.61. The lowest BCUT2D eigenvalue weighted by Gasteiger charge is -2.33. The number of nitrogens with one attached hydrogen (secondary N) is 1. The number of hydrogen-bond acceptors (Lipinski definition) is 3. The van der Waals surface area contributed by atoms with E-state index < -0.39 is 0 Å². The minimum atomic E-state index is 0.707. The number of likely N-dealkylation sites (tertiary alicyclic amines) is 1. The SMILES string of the molecule is Cc1nn(C)c(C)c1CN1CCCC(NC2CC2)C1. The van der Waals surface area contributed by atoms with Crippen molar-refractivity contribution >= 4 is 0 Å².